The van der Waals surface area contributed by atoms with Gasteiger partial charge in [-0.05, 0) is 19.9 Å². The molecular weight excluding hydrogens is 205 g/mol. The van der Waals surface area contributed by atoms with Crippen LogP contribution in [0.5, 0.6) is 0 Å². The molecule has 0 saturated heterocycles. The van der Waals surface area contributed by atoms with E-state index in [9.17, 15) is 4.39 Å². The molecule has 1 aromatic carbocycles. The molecule has 0 saturated carbocycles. The average Bonchev–Trinajstić information content (AvgIpc) is 2.19. The molecule has 1 heterocycles. The Morgan fingerprint density at radius 1 is 1.12 bits per heavy atom. The molecule has 2 rings (SSSR count). The van der Waals surface area contributed by atoms with E-state index in [0.29, 0.717) is 28.5 Å². The predicted octanol–water partition coefficient (Wildman–Crippen LogP) is 2.48. The van der Waals surface area contributed by atoms with Gasteiger partial charge in [0.05, 0.1) is 5.69 Å². The summed E-state index contributed by atoms with van der Waals surface area (Å²) in [5.74, 6) is 0.593. The van der Waals surface area contributed by atoms with E-state index >= 15 is 0 Å². The molecule has 2 N–H and O–H groups in total. The number of nitrogens with zero attached hydrogens (tertiary/aromatic N) is 2. The highest BCUT2D eigenvalue weighted by molar-refractivity contribution is 5.76. The fourth-order valence-corrected chi connectivity index (χ4v) is 1.74. The number of aryl methyl sites for hydroxylation is 2. The Bertz CT molecular complexity index is 515. The largest absolute Gasteiger partial charge is 0.383 e. The fourth-order valence-electron chi connectivity index (χ4n) is 1.74. The zero-order valence-electron chi connectivity index (χ0n) is 9.16. The predicted molar refractivity (Wildman–Crippen MR) is 61.3 cm³/mol. The number of halogens is 1. The molecule has 0 fully saturated rings. The van der Waals surface area contributed by atoms with E-state index < -0.39 is 0 Å². The van der Waals surface area contributed by atoms with Crippen LogP contribution >= 0.6 is 0 Å². The van der Waals surface area contributed by atoms with Crippen LogP contribution in [-0.2, 0) is 0 Å². The number of aromatic nitrogens is 2. The fraction of sp³-hybridized carbons (Fsp3) is 0.167. The van der Waals surface area contributed by atoms with Gasteiger partial charge in [-0.3, -0.25) is 0 Å². The quantitative estimate of drug-likeness (QED) is 0.798. The van der Waals surface area contributed by atoms with Crippen LogP contribution in [0.25, 0.3) is 11.1 Å². The van der Waals surface area contributed by atoms with Crippen molar-refractivity contribution in [1.82, 2.24) is 9.97 Å². The third-order valence-corrected chi connectivity index (χ3v) is 2.37. The number of anilines is 1. The van der Waals surface area contributed by atoms with Crippen LogP contribution < -0.4 is 5.73 Å². The number of hydrogen-bond acceptors (Lipinski definition) is 3. The van der Waals surface area contributed by atoms with E-state index in [1.165, 1.54) is 6.07 Å². The Balaban J connectivity index is 2.70. The summed E-state index contributed by atoms with van der Waals surface area (Å²) < 4.78 is 13.6. The van der Waals surface area contributed by atoms with Gasteiger partial charge < -0.3 is 5.73 Å². The van der Waals surface area contributed by atoms with Crippen LogP contribution in [0, 0.1) is 19.7 Å². The van der Waals surface area contributed by atoms with E-state index in [-0.39, 0.29) is 5.82 Å². The number of benzene rings is 1. The first kappa shape index (κ1) is 10.5. The van der Waals surface area contributed by atoms with E-state index in [1.807, 2.05) is 0 Å². The Morgan fingerprint density at radius 3 is 2.44 bits per heavy atom. The molecule has 0 spiro atoms. The van der Waals surface area contributed by atoms with Gasteiger partial charge in [-0.25, -0.2) is 14.4 Å². The molecule has 82 valence electrons. The van der Waals surface area contributed by atoms with Crippen LogP contribution in [0.4, 0.5) is 10.2 Å². The van der Waals surface area contributed by atoms with Crippen molar-refractivity contribution in [3.63, 3.8) is 0 Å². The maximum atomic E-state index is 13.6. The first-order chi connectivity index (χ1) is 7.59. The maximum Gasteiger partial charge on any atom is 0.135 e. The summed E-state index contributed by atoms with van der Waals surface area (Å²) in [6.45, 7) is 3.56. The summed E-state index contributed by atoms with van der Waals surface area (Å²) in [7, 11) is 0. The smallest absolute Gasteiger partial charge is 0.135 e. The number of nitrogen functional groups attached to an aromatic ring is 1. The summed E-state index contributed by atoms with van der Waals surface area (Å²) in [5, 5.41) is 0. The molecule has 16 heavy (non-hydrogen) atoms. The van der Waals surface area contributed by atoms with E-state index in [2.05, 4.69) is 9.97 Å². The van der Waals surface area contributed by atoms with Crippen molar-refractivity contribution < 1.29 is 4.39 Å². The molecule has 2 aromatic rings. The van der Waals surface area contributed by atoms with Crippen molar-refractivity contribution in [3.05, 3.63) is 41.6 Å². The summed E-state index contributed by atoms with van der Waals surface area (Å²) in [6.07, 6.45) is 0. The standard InChI is InChI=1S/C12H12FN3/c1-7-11(12(14)16-8(2)15-7)9-5-3-4-6-10(9)13/h3-6H,1-2H3,(H2,14,15,16). The second-order valence-corrected chi connectivity index (χ2v) is 3.60. The normalized spacial score (nSPS) is 10.4. The van der Waals surface area contributed by atoms with Crippen LogP contribution in [-0.4, -0.2) is 9.97 Å². The Labute approximate surface area is 93.2 Å². The molecule has 0 bridgehead atoms. The maximum absolute atomic E-state index is 13.6. The monoisotopic (exact) mass is 217 g/mol. The summed E-state index contributed by atoms with van der Waals surface area (Å²) in [4.78, 5) is 8.25. The first-order valence-electron chi connectivity index (χ1n) is 4.95. The highest BCUT2D eigenvalue weighted by atomic mass is 19.1. The van der Waals surface area contributed by atoms with Gasteiger partial charge in [-0.2, -0.15) is 0 Å². The lowest BCUT2D eigenvalue weighted by Gasteiger charge is -2.09. The highest BCUT2D eigenvalue weighted by Gasteiger charge is 2.13. The molecule has 0 amide bonds. The molecule has 4 heteroatoms. The number of rotatable bonds is 1. The minimum atomic E-state index is -0.315. The number of hydrogen-bond donors (Lipinski definition) is 1. The van der Waals surface area contributed by atoms with E-state index in [0.717, 1.165) is 0 Å². The van der Waals surface area contributed by atoms with Gasteiger partial charge in [0.2, 0.25) is 0 Å². The Hall–Kier alpha value is -1.97. The van der Waals surface area contributed by atoms with Gasteiger partial charge in [0.15, 0.2) is 0 Å². The third-order valence-electron chi connectivity index (χ3n) is 2.37. The van der Waals surface area contributed by atoms with Crippen molar-refractivity contribution in [1.29, 1.82) is 0 Å². The second-order valence-electron chi connectivity index (χ2n) is 3.60. The zero-order chi connectivity index (χ0) is 11.7. The van der Waals surface area contributed by atoms with Crippen LogP contribution in [0.3, 0.4) is 0 Å². The third kappa shape index (κ3) is 1.74. The zero-order valence-corrected chi connectivity index (χ0v) is 9.16. The van der Waals surface area contributed by atoms with Gasteiger partial charge in [-0.1, -0.05) is 18.2 Å². The van der Waals surface area contributed by atoms with Gasteiger partial charge in [0.25, 0.3) is 0 Å². The molecule has 0 unspecified atom stereocenters. The lowest BCUT2D eigenvalue weighted by Crippen LogP contribution is -2.03. The minimum Gasteiger partial charge on any atom is -0.383 e. The van der Waals surface area contributed by atoms with Gasteiger partial charge in [-0.15, -0.1) is 0 Å². The first-order valence-corrected chi connectivity index (χ1v) is 4.95. The van der Waals surface area contributed by atoms with Gasteiger partial charge >= 0.3 is 0 Å². The lowest BCUT2D eigenvalue weighted by molar-refractivity contribution is 0.631. The minimum absolute atomic E-state index is 0.315. The number of nitrogens with two attached hydrogens (primary N) is 1. The highest BCUT2D eigenvalue weighted by Crippen LogP contribution is 2.29. The second kappa shape index (κ2) is 3.89. The molecule has 1 aromatic heterocycles. The van der Waals surface area contributed by atoms with Gasteiger partial charge in [0, 0.05) is 11.1 Å². The molecule has 0 aliphatic carbocycles. The average molecular weight is 217 g/mol. The Morgan fingerprint density at radius 2 is 1.81 bits per heavy atom. The summed E-state index contributed by atoms with van der Waals surface area (Å²) in [5.41, 5.74) is 7.51. The Kier molecular flexibility index (Phi) is 2.56. The molecule has 3 nitrogen and oxygen atoms in total. The van der Waals surface area contributed by atoms with Crippen LogP contribution in [0.1, 0.15) is 11.5 Å². The van der Waals surface area contributed by atoms with E-state index in [4.69, 9.17) is 5.73 Å². The van der Waals surface area contributed by atoms with Crippen molar-refractivity contribution in [2.75, 3.05) is 5.73 Å². The molecular formula is C12H12FN3. The van der Waals surface area contributed by atoms with Crippen molar-refractivity contribution in [2.45, 2.75) is 13.8 Å². The molecule has 0 aliphatic rings. The van der Waals surface area contributed by atoms with Crippen molar-refractivity contribution >= 4 is 5.82 Å². The SMILES string of the molecule is Cc1nc(C)c(-c2ccccc2F)c(N)n1. The van der Waals surface area contributed by atoms with Crippen LogP contribution in [0.15, 0.2) is 24.3 Å². The molecule has 0 aliphatic heterocycles. The van der Waals surface area contributed by atoms with Crippen molar-refractivity contribution in [3.8, 4) is 11.1 Å². The summed E-state index contributed by atoms with van der Waals surface area (Å²) in [6, 6.07) is 6.47. The van der Waals surface area contributed by atoms with Crippen molar-refractivity contribution in [2.24, 2.45) is 0 Å². The van der Waals surface area contributed by atoms with Gasteiger partial charge in [0.1, 0.15) is 17.5 Å². The lowest BCUT2D eigenvalue weighted by atomic mass is 10.0. The topological polar surface area (TPSA) is 51.8 Å². The van der Waals surface area contributed by atoms with E-state index in [1.54, 1.807) is 32.0 Å². The van der Waals surface area contributed by atoms with Crippen LogP contribution in [0.2, 0.25) is 0 Å². The summed E-state index contributed by atoms with van der Waals surface area (Å²) >= 11 is 0. The molecule has 0 radical (unpaired) electrons. The molecule has 0 atom stereocenters.